The normalized spacial score (nSPS) is 27.3. The lowest BCUT2D eigenvalue weighted by molar-refractivity contribution is -0.140. The van der Waals surface area contributed by atoms with Crippen LogP contribution in [0.15, 0.2) is 65.8 Å². The molecule has 0 N–H and O–H groups in total. The molecule has 2 fully saturated rings. The molecule has 1 heterocycles. The molecule has 2 aromatic rings. The van der Waals surface area contributed by atoms with E-state index in [1.165, 1.54) is 0 Å². The number of hydrogen-bond donors (Lipinski definition) is 0. The van der Waals surface area contributed by atoms with E-state index in [4.69, 9.17) is 16.3 Å². The summed E-state index contributed by atoms with van der Waals surface area (Å²) in [5.41, 5.74) is 1.82. The van der Waals surface area contributed by atoms with Crippen LogP contribution < -0.4 is 4.74 Å². The van der Waals surface area contributed by atoms with E-state index in [9.17, 15) is 9.59 Å². The highest BCUT2D eigenvalue weighted by atomic mass is 35.5. The minimum atomic E-state index is -0.224. The standard InChI is InChI=1S/C23H19ClN2O3/c24-18-7-1-15(2-8-18)13-29-19-9-3-14(4-10-19)12-25-26-22(27)20-16-5-6-17(11-16)21(20)23(26)28/h1-10,12,16-17,20-21H,11,13H2/b25-12-/t16-,17-,20-,21-/m0/s1. The summed E-state index contributed by atoms with van der Waals surface area (Å²) in [6, 6.07) is 14.9. The number of imide groups is 1. The Kier molecular flexibility index (Phi) is 4.47. The minimum absolute atomic E-state index is 0.170. The van der Waals surface area contributed by atoms with Crippen molar-refractivity contribution in [2.45, 2.75) is 13.0 Å². The first-order valence-corrected chi connectivity index (χ1v) is 10.1. The van der Waals surface area contributed by atoms with Crippen LogP contribution in [0, 0.1) is 23.7 Å². The van der Waals surface area contributed by atoms with Crippen LogP contribution >= 0.6 is 11.6 Å². The topological polar surface area (TPSA) is 59.0 Å². The van der Waals surface area contributed by atoms with Crippen molar-refractivity contribution in [3.05, 3.63) is 76.8 Å². The van der Waals surface area contributed by atoms with E-state index in [0.29, 0.717) is 11.6 Å². The van der Waals surface area contributed by atoms with E-state index in [-0.39, 0.29) is 35.5 Å². The van der Waals surface area contributed by atoms with Crippen molar-refractivity contribution in [3.8, 4) is 5.75 Å². The molecule has 2 aromatic carbocycles. The third-order valence-electron chi connectivity index (χ3n) is 5.97. The summed E-state index contributed by atoms with van der Waals surface area (Å²) in [5, 5.41) is 5.95. The fraction of sp³-hybridized carbons (Fsp3) is 0.261. The molecule has 5 rings (SSSR count). The number of benzene rings is 2. The highest BCUT2D eigenvalue weighted by Gasteiger charge is 2.59. The molecule has 0 aromatic heterocycles. The molecule has 0 radical (unpaired) electrons. The molecule has 5 nitrogen and oxygen atoms in total. The Morgan fingerprint density at radius 2 is 1.59 bits per heavy atom. The van der Waals surface area contributed by atoms with Gasteiger partial charge in [0.05, 0.1) is 18.1 Å². The third kappa shape index (κ3) is 3.25. The number of rotatable bonds is 5. The maximum absolute atomic E-state index is 12.6. The average Bonchev–Trinajstić information content (AvgIpc) is 3.41. The van der Waals surface area contributed by atoms with Gasteiger partial charge in [0, 0.05) is 5.02 Å². The first-order valence-electron chi connectivity index (χ1n) is 9.67. The van der Waals surface area contributed by atoms with E-state index in [0.717, 1.165) is 28.3 Å². The Labute approximate surface area is 173 Å². The monoisotopic (exact) mass is 406 g/mol. The fourth-order valence-electron chi connectivity index (χ4n) is 4.52. The van der Waals surface area contributed by atoms with Gasteiger partial charge < -0.3 is 4.74 Å². The molecule has 6 heteroatoms. The van der Waals surface area contributed by atoms with Crippen molar-refractivity contribution in [3.63, 3.8) is 0 Å². The number of halogens is 1. The molecule has 0 spiro atoms. The third-order valence-corrected chi connectivity index (χ3v) is 6.22. The van der Waals surface area contributed by atoms with E-state index >= 15 is 0 Å². The number of hydrogen-bond acceptors (Lipinski definition) is 4. The number of carbonyl (C=O) groups excluding carboxylic acids is 2. The second-order valence-corrected chi connectivity index (χ2v) is 8.15. The molecule has 2 aliphatic carbocycles. The summed E-state index contributed by atoms with van der Waals surface area (Å²) >= 11 is 5.88. The number of amides is 2. The van der Waals surface area contributed by atoms with Crippen molar-refractivity contribution < 1.29 is 14.3 Å². The van der Waals surface area contributed by atoms with Crippen LogP contribution in [-0.4, -0.2) is 23.0 Å². The van der Waals surface area contributed by atoms with Gasteiger partial charge in [-0.25, -0.2) is 0 Å². The summed E-state index contributed by atoms with van der Waals surface area (Å²) in [4.78, 5) is 25.3. The highest BCUT2D eigenvalue weighted by molar-refractivity contribution is 6.30. The van der Waals surface area contributed by atoms with Crippen LogP contribution in [0.1, 0.15) is 17.5 Å². The number of fused-ring (bicyclic) bond motifs is 5. The predicted molar refractivity (Wildman–Crippen MR) is 109 cm³/mol. The van der Waals surface area contributed by atoms with Gasteiger partial charge in [0.15, 0.2) is 0 Å². The molecule has 3 aliphatic rings. The van der Waals surface area contributed by atoms with Gasteiger partial charge in [-0.3, -0.25) is 9.59 Å². The summed E-state index contributed by atoms with van der Waals surface area (Å²) in [6.07, 6.45) is 6.62. The molecular weight excluding hydrogens is 388 g/mol. The van der Waals surface area contributed by atoms with Gasteiger partial charge in [0.25, 0.3) is 11.8 Å². The van der Waals surface area contributed by atoms with Gasteiger partial charge in [-0.05, 0) is 65.8 Å². The van der Waals surface area contributed by atoms with E-state index in [1.807, 2.05) is 48.5 Å². The largest absolute Gasteiger partial charge is 0.489 e. The van der Waals surface area contributed by atoms with E-state index in [1.54, 1.807) is 6.21 Å². The Balaban J connectivity index is 1.22. The number of hydrazone groups is 1. The zero-order chi connectivity index (χ0) is 20.0. The lowest BCUT2D eigenvalue weighted by Crippen LogP contribution is -2.28. The van der Waals surface area contributed by atoms with Crippen LogP contribution in [0.25, 0.3) is 0 Å². The lowest BCUT2D eigenvalue weighted by Gasteiger charge is -2.13. The van der Waals surface area contributed by atoms with Crippen molar-refractivity contribution in [2.75, 3.05) is 0 Å². The lowest BCUT2D eigenvalue weighted by atomic mass is 9.85. The number of nitrogens with zero attached hydrogens (tertiary/aromatic N) is 2. The summed E-state index contributed by atoms with van der Waals surface area (Å²) in [7, 11) is 0. The van der Waals surface area contributed by atoms with Crippen molar-refractivity contribution >= 4 is 29.6 Å². The van der Waals surface area contributed by atoms with Crippen molar-refractivity contribution in [1.29, 1.82) is 0 Å². The van der Waals surface area contributed by atoms with Gasteiger partial charge in [-0.2, -0.15) is 10.1 Å². The van der Waals surface area contributed by atoms with Crippen LogP contribution in [0.4, 0.5) is 0 Å². The number of allylic oxidation sites excluding steroid dienone is 2. The van der Waals surface area contributed by atoms with Gasteiger partial charge in [0.2, 0.25) is 0 Å². The first-order chi connectivity index (χ1) is 14.1. The van der Waals surface area contributed by atoms with Crippen LogP contribution in [0.3, 0.4) is 0 Å². The smallest absolute Gasteiger partial charge is 0.254 e. The summed E-state index contributed by atoms with van der Waals surface area (Å²) in [6.45, 7) is 0.445. The molecule has 4 atom stereocenters. The molecule has 2 bridgehead atoms. The van der Waals surface area contributed by atoms with E-state index < -0.39 is 0 Å². The molecule has 1 saturated heterocycles. The quantitative estimate of drug-likeness (QED) is 0.427. The number of ether oxygens (including phenoxy) is 1. The molecule has 1 saturated carbocycles. The molecule has 2 amide bonds. The Hall–Kier alpha value is -2.92. The Bertz CT molecular complexity index is 983. The molecular formula is C23H19ClN2O3. The second-order valence-electron chi connectivity index (χ2n) is 7.72. The Morgan fingerprint density at radius 3 is 2.21 bits per heavy atom. The van der Waals surface area contributed by atoms with Crippen LogP contribution in [0.2, 0.25) is 5.02 Å². The number of carbonyl (C=O) groups is 2. The predicted octanol–water partition coefficient (Wildman–Crippen LogP) is 4.06. The first kappa shape index (κ1) is 18.1. The molecule has 0 unspecified atom stereocenters. The van der Waals surface area contributed by atoms with Crippen LogP contribution in [-0.2, 0) is 16.2 Å². The van der Waals surface area contributed by atoms with Gasteiger partial charge in [-0.1, -0.05) is 35.9 Å². The maximum atomic E-state index is 12.6. The molecule has 146 valence electrons. The molecule has 1 aliphatic heterocycles. The second kappa shape index (κ2) is 7.16. The minimum Gasteiger partial charge on any atom is -0.489 e. The van der Waals surface area contributed by atoms with Crippen LogP contribution in [0.5, 0.6) is 5.75 Å². The Morgan fingerprint density at radius 1 is 0.966 bits per heavy atom. The summed E-state index contributed by atoms with van der Waals surface area (Å²) in [5.74, 6) is 0.323. The zero-order valence-electron chi connectivity index (χ0n) is 15.6. The van der Waals surface area contributed by atoms with Gasteiger partial charge in [0.1, 0.15) is 12.4 Å². The van der Waals surface area contributed by atoms with Crippen molar-refractivity contribution in [1.82, 2.24) is 5.01 Å². The SMILES string of the molecule is O=C1[C@@H]2[C@@H](C(=O)N1/N=C\c1ccc(OCc3ccc(Cl)cc3)cc1)[C@H]1C=C[C@H]2C1. The zero-order valence-corrected chi connectivity index (χ0v) is 16.3. The fourth-order valence-corrected chi connectivity index (χ4v) is 4.65. The average molecular weight is 407 g/mol. The summed E-state index contributed by atoms with van der Waals surface area (Å²) < 4.78 is 5.77. The van der Waals surface area contributed by atoms with Gasteiger partial charge >= 0.3 is 0 Å². The van der Waals surface area contributed by atoms with E-state index in [2.05, 4.69) is 17.3 Å². The van der Waals surface area contributed by atoms with Gasteiger partial charge in [-0.15, -0.1) is 0 Å². The maximum Gasteiger partial charge on any atom is 0.254 e. The van der Waals surface area contributed by atoms with Crippen molar-refractivity contribution in [2.24, 2.45) is 28.8 Å². The highest BCUT2D eigenvalue weighted by Crippen LogP contribution is 2.52. The molecule has 29 heavy (non-hydrogen) atoms.